The summed E-state index contributed by atoms with van der Waals surface area (Å²) < 4.78 is 27.2. The van der Waals surface area contributed by atoms with E-state index in [4.69, 9.17) is 0 Å². The summed E-state index contributed by atoms with van der Waals surface area (Å²) >= 11 is 0. The minimum Gasteiger partial charge on any atom is -0.392 e. The molecule has 1 atom stereocenters. The van der Waals surface area contributed by atoms with E-state index < -0.39 is 14.9 Å². The molecule has 0 bridgehead atoms. The van der Waals surface area contributed by atoms with Gasteiger partial charge in [0.2, 0.25) is 10.0 Å². The molecule has 1 heterocycles. The van der Waals surface area contributed by atoms with Gasteiger partial charge in [0.25, 0.3) is 5.69 Å². The summed E-state index contributed by atoms with van der Waals surface area (Å²) in [6, 6.07) is 10.7. The van der Waals surface area contributed by atoms with Gasteiger partial charge < -0.3 is 10.4 Å². The van der Waals surface area contributed by atoms with Crippen LogP contribution in [0.3, 0.4) is 0 Å². The largest absolute Gasteiger partial charge is 0.392 e. The summed E-state index contributed by atoms with van der Waals surface area (Å²) in [5, 5.41) is 23.7. The second-order valence-corrected chi connectivity index (χ2v) is 8.97. The predicted molar refractivity (Wildman–Crippen MR) is 106 cm³/mol. The molecule has 0 radical (unpaired) electrons. The molecule has 1 saturated heterocycles. The number of aliphatic hydroxyl groups excluding tert-OH is 1. The topological polar surface area (TPSA) is 113 Å². The Hall–Kier alpha value is -2.49. The van der Waals surface area contributed by atoms with Crippen molar-refractivity contribution in [1.82, 2.24) is 4.31 Å². The number of nitrogens with one attached hydrogen (secondary N) is 1. The Morgan fingerprint density at radius 2 is 2.07 bits per heavy atom. The van der Waals surface area contributed by atoms with Gasteiger partial charge in [-0.1, -0.05) is 19.1 Å². The highest BCUT2D eigenvalue weighted by Gasteiger charge is 2.30. The van der Waals surface area contributed by atoms with Gasteiger partial charge in [-0.25, -0.2) is 8.42 Å². The molecule has 8 nitrogen and oxygen atoms in total. The standard InChI is InChI=1S/C19H23N3O5S/c1-14-4-3-9-21(12-14)28(26,27)17-7-8-18(19(11-17)22(24)25)20-16-6-2-5-15(10-16)13-23/h2,5-8,10-11,14,20,23H,3-4,9,12-13H2,1H3/t14-/m0/s1. The molecular formula is C19H23N3O5S. The summed E-state index contributed by atoms with van der Waals surface area (Å²) in [6.45, 7) is 2.69. The third-order valence-electron chi connectivity index (χ3n) is 4.81. The number of hydrogen-bond acceptors (Lipinski definition) is 6. The monoisotopic (exact) mass is 405 g/mol. The van der Waals surface area contributed by atoms with Crippen LogP contribution in [0, 0.1) is 16.0 Å². The Balaban J connectivity index is 1.93. The summed E-state index contributed by atoms with van der Waals surface area (Å²) in [5.74, 6) is 0.262. The molecule has 0 aromatic heterocycles. The third-order valence-corrected chi connectivity index (χ3v) is 6.67. The number of sulfonamides is 1. The van der Waals surface area contributed by atoms with E-state index in [9.17, 15) is 23.6 Å². The number of nitro groups is 1. The van der Waals surface area contributed by atoms with E-state index >= 15 is 0 Å². The second-order valence-electron chi connectivity index (χ2n) is 7.03. The minimum atomic E-state index is -3.78. The fourth-order valence-corrected chi connectivity index (χ4v) is 4.96. The first-order valence-corrected chi connectivity index (χ1v) is 10.5. The van der Waals surface area contributed by atoms with Crippen molar-refractivity contribution >= 4 is 27.1 Å². The van der Waals surface area contributed by atoms with Crippen molar-refractivity contribution in [2.75, 3.05) is 18.4 Å². The first-order chi connectivity index (χ1) is 13.3. The third kappa shape index (κ3) is 4.32. The number of nitro benzene ring substituents is 1. The lowest BCUT2D eigenvalue weighted by molar-refractivity contribution is -0.384. The van der Waals surface area contributed by atoms with E-state index in [1.54, 1.807) is 24.3 Å². The molecule has 0 unspecified atom stereocenters. The van der Waals surface area contributed by atoms with E-state index in [1.165, 1.54) is 16.4 Å². The molecule has 0 aliphatic carbocycles. The van der Waals surface area contributed by atoms with E-state index in [-0.39, 0.29) is 28.8 Å². The molecule has 0 spiro atoms. The van der Waals surface area contributed by atoms with Crippen LogP contribution in [-0.4, -0.2) is 35.8 Å². The summed E-state index contributed by atoms with van der Waals surface area (Å²) in [4.78, 5) is 10.9. The molecule has 0 amide bonds. The molecule has 150 valence electrons. The fourth-order valence-electron chi connectivity index (χ4n) is 3.35. The Morgan fingerprint density at radius 1 is 1.29 bits per heavy atom. The zero-order valence-electron chi connectivity index (χ0n) is 15.5. The van der Waals surface area contributed by atoms with Gasteiger partial charge >= 0.3 is 0 Å². The van der Waals surface area contributed by atoms with Crippen LogP contribution in [0.5, 0.6) is 0 Å². The molecule has 1 aliphatic heterocycles. The normalized spacial score (nSPS) is 18.0. The van der Waals surface area contributed by atoms with Crippen LogP contribution in [0.2, 0.25) is 0 Å². The summed E-state index contributed by atoms with van der Waals surface area (Å²) in [6.07, 6.45) is 1.76. The van der Waals surface area contributed by atoms with Gasteiger partial charge in [-0.15, -0.1) is 0 Å². The highest BCUT2D eigenvalue weighted by Crippen LogP contribution is 2.32. The van der Waals surface area contributed by atoms with Crippen molar-refractivity contribution in [1.29, 1.82) is 0 Å². The van der Waals surface area contributed by atoms with Crippen LogP contribution in [0.15, 0.2) is 47.4 Å². The van der Waals surface area contributed by atoms with Gasteiger partial charge in [0.1, 0.15) is 5.69 Å². The van der Waals surface area contributed by atoms with Crippen molar-refractivity contribution in [3.05, 3.63) is 58.1 Å². The Bertz CT molecular complexity index is 977. The van der Waals surface area contributed by atoms with E-state index in [2.05, 4.69) is 5.32 Å². The Kier molecular flexibility index (Phi) is 5.97. The lowest BCUT2D eigenvalue weighted by atomic mass is 10.0. The maximum Gasteiger partial charge on any atom is 0.294 e. The quantitative estimate of drug-likeness (QED) is 0.563. The molecule has 3 rings (SSSR count). The van der Waals surface area contributed by atoms with Crippen molar-refractivity contribution in [2.45, 2.75) is 31.3 Å². The van der Waals surface area contributed by atoms with Crippen LogP contribution in [0.1, 0.15) is 25.3 Å². The summed E-state index contributed by atoms with van der Waals surface area (Å²) in [7, 11) is -3.78. The molecule has 1 aliphatic rings. The number of rotatable bonds is 6. The number of piperidine rings is 1. The number of hydrogen-bond donors (Lipinski definition) is 2. The second kappa shape index (κ2) is 8.26. The average Bonchev–Trinajstić information content (AvgIpc) is 2.68. The first-order valence-electron chi connectivity index (χ1n) is 9.06. The maximum absolute atomic E-state index is 12.9. The molecule has 9 heteroatoms. The molecule has 2 N–H and O–H groups in total. The first kappa shape index (κ1) is 20.2. The molecule has 2 aromatic rings. The van der Waals surface area contributed by atoms with Crippen molar-refractivity contribution in [3.63, 3.8) is 0 Å². The van der Waals surface area contributed by atoms with Crippen molar-refractivity contribution in [3.8, 4) is 0 Å². The van der Waals surface area contributed by atoms with Gasteiger partial charge in [-0.2, -0.15) is 4.31 Å². The number of anilines is 2. The lowest BCUT2D eigenvalue weighted by Crippen LogP contribution is -2.39. The zero-order valence-corrected chi connectivity index (χ0v) is 16.4. The van der Waals surface area contributed by atoms with Gasteiger partial charge in [-0.05, 0) is 48.6 Å². The van der Waals surface area contributed by atoms with Gasteiger partial charge in [-0.3, -0.25) is 10.1 Å². The van der Waals surface area contributed by atoms with E-state index in [0.717, 1.165) is 18.9 Å². The smallest absolute Gasteiger partial charge is 0.294 e. The highest BCUT2D eigenvalue weighted by molar-refractivity contribution is 7.89. The molecule has 1 fully saturated rings. The number of nitrogens with zero attached hydrogens (tertiary/aromatic N) is 2. The molecule has 0 saturated carbocycles. The molecule has 2 aromatic carbocycles. The number of benzene rings is 2. The van der Waals surface area contributed by atoms with Gasteiger partial charge in [0.15, 0.2) is 0 Å². The Labute approximate surface area is 164 Å². The van der Waals surface area contributed by atoms with Gasteiger partial charge in [0.05, 0.1) is 16.4 Å². The van der Waals surface area contributed by atoms with Crippen LogP contribution >= 0.6 is 0 Å². The number of aliphatic hydroxyl groups is 1. The predicted octanol–water partition coefficient (Wildman–Crippen LogP) is 3.25. The van der Waals surface area contributed by atoms with Crippen LogP contribution in [-0.2, 0) is 16.6 Å². The van der Waals surface area contributed by atoms with Crippen LogP contribution < -0.4 is 5.32 Å². The van der Waals surface area contributed by atoms with Gasteiger partial charge in [0, 0.05) is 24.8 Å². The molecule has 28 heavy (non-hydrogen) atoms. The summed E-state index contributed by atoms with van der Waals surface area (Å²) in [5.41, 5.74) is 1.09. The van der Waals surface area contributed by atoms with Crippen LogP contribution in [0.4, 0.5) is 17.1 Å². The van der Waals surface area contributed by atoms with Crippen LogP contribution in [0.25, 0.3) is 0 Å². The zero-order chi connectivity index (χ0) is 20.3. The maximum atomic E-state index is 12.9. The lowest BCUT2D eigenvalue weighted by Gasteiger charge is -2.30. The average molecular weight is 405 g/mol. The van der Waals surface area contributed by atoms with E-state index in [1.807, 2.05) is 6.92 Å². The molecular weight excluding hydrogens is 382 g/mol. The van der Waals surface area contributed by atoms with Crippen molar-refractivity contribution in [2.24, 2.45) is 5.92 Å². The SMILES string of the molecule is C[C@H]1CCCN(S(=O)(=O)c2ccc(Nc3cccc(CO)c3)c([N+](=O)[O-])c2)C1. The highest BCUT2D eigenvalue weighted by atomic mass is 32.2. The fraction of sp³-hybridized carbons (Fsp3) is 0.368. The minimum absolute atomic E-state index is 0.0806. The Morgan fingerprint density at radius 3 is 2.75 bits per heavy atom. The van der Waals surface area contributed by atoms with Crippen molar-refractivity contribution < 1.29 is 18.4 Å². The van der Waals surface area contributed by atoms with E-state index in [0.29, 0.717) is 24.3 Å².